The van der Waals surface area contributed by atoms with Gasteiger partial charge in [-0.1, -0.05) is 12.8 Å². The molecule has 2 aliphatic heterocycles. The summed E-state index contributed by atoms with van der Waals surface area (Å²) in [6, 6.07) is 0.549. The van der Waals surface area contributed by atoms with Crippen LogP contribution in [0.3, 0.4) is 0 Å². The van der Waals surface area contributed by atoms with E-state index in [-0.39, 0.29) is 6.10 Å². The summed E-state index contributed by atoms with van der Waals surface area (Å²) in [6.45, 7) is 2.90. The van der Waals surface area contributed by atoms with Crippen LogP contribution >= 0.6 is 0 Å². The van der Waals surface area contributed by atoms with Crippen molar-refractivity contribution < 1.29 is 5.11 Å². The second-order valence-electron chi connectivity index (χ2n) is 4.30. The van der Waals surface area contributed by atoms with E-state index in [1.165, 1.54) is 25.7 Å². The highest BCUT2D eigenvalue weighted by Gasteiger charge is 2.32. The monoisotopic (exact) mass is 184 g/mol. The van der Waals surface area contributed by atoms with Gasteiger partial charge in [0.05, 0.1) is 6.10 Å². The van der Waals surface area contributed by atoms with Gasteiger partial charge in [0.15, 0.2) is 0 Å². The van der Waals surface area contributed by atoms with E-state index in [4.69, 9.17) is 0 Å². The molecule has 0 bridgehead atoms. The van der Waals surface area contributed by atoms with Gasteiger partial charge in [0.25, 0.3) is 0 Å². The lowest BCUT2D eigenvalue weighted by Gasteiger charge is -2.24. The Balaban J connectivity index is 1.89. The molecule has 0 saturated carbocycles. The van der Waals surface area contributed by atoms with Crippen LogP contribution in [0.4, 0.5) is 0 Å². The predicted molar refractivity (Wildman–Crippen MR) is 52.6 cm³/mol. The number of hydrogen-bond acceptors (Lipinski definition) is 3. The van der Waals surface area contributed by atoms with E-state index >= 15 is 0 Å². The number of hydrogen-bond donors (Lipinski definition) is 3. The van der Waals surface area contributed by atoms with Gasteiger partial charge in [0, 0.05) is 25.0 Å². The van der Waals surface area contributed by atoms with Crippen molar-refractivity contribution in [2.45, 2.75) is 37.8 Å². The molecule has 0 aliphatic carbocycles. The molecule has 0 radical (unpaired) electrons. The molecule has 0 aromatic carbocycles. The minimum absolute atomic E-state index is 0.129. The average molecular weight is 184 g/mol. The Bertz CT molecular complexity index is 155. The third-order valence-electron chi connectivity index (χ3n) is 3.34. The number of aliphatic hydroxyl groups is 1. The molecule has 0 aromatic heterocycles. The SMILES string of the molecule is OC1CNCC1C1CCCCCN1. The Kier molecular flexibility index (Phi) is 3.19. The zero-order valence-electron chi connectivity index (χ0n) is 8.13. The van der Waals surface area contributed by atoms with Crippen LogP contribution in [0.15, 0.2) is 0 Å². The number of aliphatic hydroxyl groups excluding tert-OH is 1. The molecule has 0 amide bonds. The summed E-state index contributed by atoms with van der Waals surface area (Å²) >= 11 is 0. The number of β-amino-alcohol motifs (C(OH)–C–C–N with tert-alkyl or cyclic N) is 1. The lowest BCUT2D eigenvalue weighted by Crippen LogP contribution is -2.41. The standard InChI is InChI=1S/C10H20N2O/c13-10-7-11-6-8(10)9-4-2-1-3-5-12-9/h8-13H,1-7H2. The fraction of sp³-hybridized carbons (Fsp3) is 1.00. The molecule has 2 aliphatic rings. The van der Waals surface area contributed by atoms with Gasteiger partial charge >= 0.3 is 0 Å². The summed E-state index contributed by atoms with van der Waals surface area (Å²) in [5.74, 6) is 0.443. The summed E-state index contributed by atoms with van der Waals surface area (Å²) in [6.07, 6.45) is 5.08. The molecule has 0 spiro atoms. The Morgan fingerprint density at radius 2 is 2.00 bits per heavy atom. The smallest absolute Gasteiger partial charge is 0.0719 e. The highest BCUT2D eigenvalue weighted by Crippen LogP contribution is 2.20. The maximum absolute atomic E-state index is 9.73. The van der Waals surface area contributed by atoms with Crippen LogP contribution in [0.1, 0.15) is 25.7 Å². The van der Waals surface area contributed by atoms with Crippen LogP contribution < -0.4 is 10.6 Å². The van der Waals surface area contributed by atoms with E-state index < -0.39 is 0 Å². The van der Waals surface area contributed by atoms with E-state index in [2.05, 4.69) is 10.6 Å². The van der Waals surface area contributed by atoms with Gasteiger partial charge in [0.1, 0.15) is 0 Å². The third-order valence-corrected chi connectivity index (χ3v) is 3.34. The van der Waals surface area contributed by atoms with Gasteiger partial charge < -0.3 is 15.7 Å². The van der Waals surface area contributed by atoms with Crippen molar-refractivity contribution in [3.05, 3.63) is 0 Å². The molecule has 3 unspecified atom stereocenters. The van der Waals surface area contributed by atoms with Crippen LogP contribution in [-0.2, 0) is 0 Å². The Hall–Kier alpha value is -0.120. The van der Waals surface area contributed by atoms with Crippen molar-refractivity contribution in [3.8, 4) is 0 Å². The summed E-state index contributed by atoms with van der Waals surface area (Å²) in [5, 5.41) is 16.5. The first kappa shape index (κ1) is 9.44. The average Bonchev–Trinajstić information content (AvgIpc) is 2.43. The fourth-order valence-electron chi connectivity index (χ4n) is 2.52. The molecule has 2 fully saturated rings. The molecule has 13 heavy (non-hydrogen) atoms. The van der Waals surface area contributed by atoms with Crippen molar-refractivity contribution in [2.75, 3.05) is 19.6 Å². The molecule has 0 aromatic rings. The van der Waals surface area contributed by atoms with Crippen molar-refractivity contribution in [1.29, 1.82) is 0 Å². The van der Waals surface area contributed by atoms with Crippen molar-refractivity contribution in [1.82, 2.24) is 10.6 Å². The van der Waals surface area contributed by atoms with Crippen LogP contribution in [0.2, 0.25) is 0 Å². The zero-order chi connectivity index (χ0) is 9.10. The highest BCUT2D eigenvalue weighted by molar-refractivity contribution is 4.90. The largest absolute Gasteiger partial charge is 0.391 e. The second kappa shape index (κ2) is 4.40. The quantitative estimate of drug-likeness (QED) is 0.541. The highest BCUT2D eigenvalue weighted by atomic mass is 16.3. The van der Waals surface area contributed by atoms with Crippen LogP contribution in [0.25, 0.3) is 0 Å². The first-order valence-electron chi connectivity index (χ1n) is 5.50. The molecule has 76 valence electrons. The topological polar surface area (TPSA) is 44.3 Å². The van der Waals surface area contributed by atoms with Gasteiger partial charge in [-0.25, -0.2) is 0 Å². The maximum atomic E-state index is 9.73. The van der Waals surface area contributed by atoms with Crippen LogP contribution in [0.5, 0.6) is 0 Å². The maximum Gasteiger partial charge on any atom is 0.0719 e. The number of rotatable bonds is 1. The van der Waals surface area contributed by atoms with Gasteiger partial charge in [-0.3, -0.25) is 0 Å². The van der Waals surface area contributed by atoms with E-state index in [0.29, 0.717) is 12.0 Å². The summed E-state index contributed by atoms with van der Waals surface area (Å²) in [5.41, 5.74) is 0. The summed E-state index contributed by atoms with van der Waals surface area (Å²) in [7, 11) is 0. The first-order chi connectivity index (χ1) is 6.38. The van der Waals surface area contributed by atoms with E-state index in [1.807, 2.05) is 0 Å². The van der Waals surface area contributed by atoms with Gasteiger partial charge in [-0.2, -0.15) is 0 Å². The second-order valence-corrected chi connectivity index (χ2v) is 4.30. The Morgan fingerprint density at radius 1 is 1.08 bits per heavy atom. The fourth-order valence-corrected chi connectivity index (χ4v) is 2.52. The normalized spacial score (nSPS) is 41.8. The third kappa shape index (κ3) is 2.22. The lowest BCUT2D eigenvalue weighted by atomic mass is 9.93. The summed E-state index contributed by atoms with van der Waals surface area (Å²) < 4.78 is 0. The minimum atomic E-state index is -0.129. The van der Waals surface area contributed by atoms with Crippen LogP contribution in [-0.4, -0.2) is 36.9 Å². The minimum Gasteiger partial charge on any atom is -0.391 e. The molecule has 2 saturated heterocycles. The van der Waals surface area contributed by atoms with Crippen molar-refractivity contribution >= 4 is 0 Å². The predicted octanol–water partition coefficient (Wildman–Crippen LogP) is 0.0989. The molecule has 3 heteroatoms. The van der Waals surface area contributed by atoms with Gasteiger partial charge in [0.2, 0.25) is 0 Å². The van der Waals surface area contributed by atoms with E-state index in [1.54, 1.807) is 0 Å². The molecular formula is C10H20N2O. The van der Waals surface area contributed by atoms with Gasteiger partial charge in [-0.05, 0) is 19.4 Å². The Morgan fingerprint density at radius 3 is 2.77 bits per heavy atom. The molecular weight excluding hydrogens is 164 g/mol. The van der Waals surface area contributed by atoms with Gasteiger partial charge in [-0.15, -0.1) is 0 Å². The first-order valence-corrected chi connectivity index (χ1v) is 5.50. The number of nitrogens with one attached hydrogen (secondary N) is 2. The van der Waals surface area contributed by atoms with Crippen molar-refractivity contribution in [3.63, 3.8) is 0 Å². The molecule has 3 nitrogen and oxygen atoms in total. The zero-order valence-corrected chi connectivity index (χ0v) is 8.13. The molecule has 2 heterocycles. The van der Waals surface area contributed by atoms with Crippen LogP contribution in [0, 0.1) is 5.92 Å². The van der Waals surface area contributed by atoms with Crippen molar-refractivity contribution in [2.24, 2.45) is 5.92 Å². The van der Waals surface area contributed by atoms with E-state index in [9.17, 15) is 5.11 Å². The molecule has 3 atom stereocenters. The lowest BCUT2D eigenvalue weighted by molar-refractivity contribution is 0.123. The molecule has 3 N–H and O–H groups in total. The van der Waals surface area contributed by atoms with E-state index in [0.717, 1.165) is 19.6 Å². The molecule has 2 rings (SSSR count). The summed E-state index contributed by atoms with van der Waals surface area (Å²) in [4.78, 5) is 0. The Labute approximate surface area is 79.9 Å².